The third kappa shape index (κ3) is 5.51. The second-order valence-corrected chi connectivity index (χ2v) is 6.89. The lowest BCUT2D eigenvalue weighted by Gasteiger charge is -2.11. The maximum atomic E-state index is 12.0. The summed E-state index contributed by atoms with van der Waals surface area (Å²) < 4.78 is 29.4. The first-order chi connectivity index (χ1) is 9.61. The van der Waals surface area contributed by atoms with E-state index < -0.39 is 9.84 Å². The minimum atomic E-state index is -3.18. The van der Waals surface area contributed by atoms with Crippen molar-refractivity contribution in [1.82, 2.24) is 0 Å². The molecular weight excluding hydrogens is 274 g/mol. The number of unbranched alkanes of at least 4 members (excludes halogenated alkanes) is 1. The van der Waals surface area contributed by atoms with E-state index in [0.29, 0.717) is 23.7 Å². The summed E-state index contributed by atoms with van der Waals surface area (Å²) in [4.78, 5) is 0.384. The van der Waals surface area contributed by atoms with Crippen molar-refractivity contribution in [2.45, 2.75) is 38.0 Å². The predicted molar refractivity (Wildman–Crippen MR) is 83.0 cm³/mol. The summed E-state index contributed by atoms with van der Waals surface area (Å²) in [5, 5.41) is 3.19. The molecule has 0 aliphatic carbocycles. The molecule has 5 heteroatoms. The van der Waals surface area contributed by atoms with Crippen LogP contribution in [0.25, 0.3) is 0 Å². The van der Waals surface area contributed by atoms with E-state index in [0.717, 1.165) is 25.9 Å². The van der Waals surface area contributed by atoms with Crippen molar-refractivity contribution in [3.05, 3.63) is 24.3 Å². The molecule has 0 amide bonds. The molecule has 20 heavy (non-hydrogen) atoms. The Bertz CT molecular complexity index is 486. The van der Waals surface area contributed by atoms with Gasteiger partial charge < -0.3 is 10.1 Å². The van der Waals surface area contributed by atoms with E-state index in [4.69, 9.17) is 4.74 Å². The first-order valence-corrected chi connectivity index (χ1v) is 8.90. The van der Waals surface area contributed by atoms with Crippen LogP contribution in [0.3, 0.4) is 0 Å². The number of sulfone groups is 1. The summed E-state index contributed by atoms with van der Waals surface area (Å²) in [7, 11) is -3.18. The highest BCUT2D eigenvalue weighted by Gasteiger charge is 2.15. The van der Waals surface area contributed by atoms with E-state index in [9.17, 15) is 8.42 Å². The smallest absolute Gasteiger partial charge is 0.180 e. The van der Waals surface area contributed by atoms with E-state index in [2.05, 4.69) is 12.2 Å². The fourth-order valence-corrected chi connectivity index (χ4v) is 2.86. The lowest BCUT2D eigenvalue weighted by molar-refractivity contribution is 0.131. The van der Waals surface area contributed by atoms with Crippen LogP contribution in [0.1, 0.15) is 33.1 Å². The molecular formula is C15H25NO3S. The lowest BCUT2D eigenvalue weighted by atomic mass is 10.3. The van der Waals surface area contributed by atoms with Crippen molar-refractivity contribution in [1.29, 1.82) is 0 Å². The van der Waals surface area contributed by atoms with Crippen LogP contribution in [0.2, 0.25) is 0 Å². The van der Waals surface area contributed by atoms with Crippen molar-refractivity contribution in [3.63, 3.8) is 0 Å². The first-order valence-electron chi connectivity index (χ1n) is 7.25. The summed E-state index contributed by atoms with van der Waals surface area (Å²) >= 11 is 0. The van der Waals surface area contributed by atoms with E-state index in [-0.39, 0.29) is 5.75 Å². The van der Waals surface area contributed by atoms with Crippen LogP contribution in [0.4, 0.5) is 5.69 Å². The van der Waals surface area contributed by atoms with Gasteiger partial charge in [-0.15, -0.1) is 0 Å². The fraction of sp³-hybridized carbons (Fsp3) is 0.600. The van der Waals surface area contributed by atoms with Crippen molar-refractivity contribution < 1.29 is 13.2 Å². The van der Waals surface area contributed by atoms with Gasteiger partial charge >= 0.3 is 0 Å². The number of ether oxygens (including phenoxy) is 1. The minimum Gasteiger partial charge on any atom is -0.384 e. The Kier molecular flexibility index (Phi) is 7.62. The molecule has 1 aromatic carbocycles. The molecule has 0 saturated heterocycles. The van der Waals surface area contributed by atoms with Crippen LogP contribution in [0.15, 0.2) is 29.2 Å². The van der Waals surface area contributed by atoms with Crippen LogP contribution in [-0.4, -0.2) is 33.9 Å². The van der Waals surface area contributed by atoms with E-state index in [1.165, 1.54) is 0 Å². The average molecular weight is 299 g/mol. The molecule has 0 aliphatic heterocycles. The number of para-hydroxylation sites is 1. The molecule has 0 saturated carbocycles. The molecule has 1 rings (SSSR count). The molecule has 0 bridgehead atoms. The summed E-state index contributed by atoms with van der Waals surface area (Å²) in [6, 6.07) is 7.05. The van der Waals surface area contributed by atoms with Gasteiger partial charge in [-0.2, -0.15) is 0 Å². The number of anilines is 1. The number of nitrogens with one attached hydrogen (secondary N) is 1. The van der Waals surface area contributed by atoms with Crippen molar-refractivity contribution >= 4 is 15.5 Å². The molecule has 0 unspecified atom stereocenters. The van der Waals surface area contributed by atoms with Crippen molar-refractivity contribution in [2.75, 3.05) is 30.8 Å². The highest BCUT2D eigenvalue weighted by atomic mass is 32.2. The quantitative estimate of drug-likeness (QED) is 0.675. The Morgan fingerprint density at radius 2 is 1.80 bits per heavy atom. The zero-order valence-corrected chi connectivity index (χ0v) is 13.2. The predicted octanol–water partition coefficient (Wildman–Crippen LogP) is 3.10. The Labute approximate surface area is 122 Å². The summed E-state index contributed by atoms with van der Waals surface area (Å²) in [5.74, 6) is 0.117. The number of hydrogen-bond donors (Lipinski definition) is 1. The Morgan fingerprint density at radius 3 is 2.50 bits per heavy atom. The molecule has 0 atom stereocenters. The number of hydrogen-bond acceptors (Lipinski definition) is 4. The van der Waals surface area contributed by atoms with Crippen LogP contribution in [0, 0.1) is 0 Å². The Morgan fingerprint density at radius 1 is 1.10 bits per heavy atom. The van der Waals surface area contributed by atoms with Crippen LogP contribution in [0.5, 0.6) is 0 Å². The highest BCUT2D eigenvalue weighted by molar-refractivity contribution is 7.91. The van der Waals surface area contributed by atoms with Gasteiger partial charge in [0.25, 0.3) is 0 Å². The maximum Gasteiger partial charge on any atom is 0.180 e. The summed E-state index contributed by atoms with van der Waals surface area (Å²) in [6.07, 6.45) is 3.09. The lowest BCUT2D eigenvalue weighted by Crippen LogP contribution is -2.11. The first kappa shape index (κ1) is 17.0. The minimum absolute atomic E-state index is 0.117. The molecule has 114 valence electrons. The van der Waals surface area contributed by atoms with Crippen LogP contribution < -0.4 is 5.32 Å². The van der Waals surface area contributed by atoms with Crippen molar-refractivity contribution in [3.8, 4) is 0 Å². The summed E-state index contributed by atoms with van der Waals surface area (Å²) in [6.45, 7) is 6.01. The van der Waals surface area contributed by atoms with E-state index >= 15 is 0 Å². The molecule has 1 aromatic rings. The van der Waals surface area contributed by atoms with Crippen molar-refractivity contribution in [2.24, 2.45) is 0 Å². The molecule has 0 spiro atoms. The van der Waals surface area contributed by atoms with Gasteiger partial charge in [0, 0.05) is 19.8 Å². The Balaban J connectivity index is 2.45. The monoisotopic (exact) mass is 299 g/mol. The van der Waals surface area contributed by atoms with Crippen LogP contribution >= 0.6 is 0 Å². The molecule has 0 radical (unpaired) electrons. The Hall–Kier alpha value is -1.07. The van der Waals surface area contributed by atoms with Gasteiger partial charge in [0.15, 0.2) is 9.84 Å². The zero-order chi connectivity index (χ0) is 14.8. The third-order valence-corrected chi connectivity index (χ3v) is 4.81. The molecule has 0 heterocycles. The van der Waals surface area contributed by atoms with Gasteiger partial charge in [-0.1, -0.05) is 32.4 Å². The largest absolute Gasteiger partial charge is 0.384 e. The van der Waals surface area contributed by atoms with Gasteiger partial charge in [-0.25, -0.2) is 8.42 Å². The van der Waals surface area contributed by atoms with E-state index in [1.807, 2.05) is 6.07 Å². The van der Waals surface area contributed by atoms with Gasteiger partial charge in [0.2, 0.25) is 0 Å². The van der Waals surface area contributed by atoms with Gasteiger partial charge in [-0.3, -0.25) is 0 Å². The fourth-order valence-electron chi connectivity index (χ4n) is 1.79. The molecule has 4 nitrogen and oxygen atoms in total. The standard InChI is InChI=1S/C15H25NO3S/c1-3-5-12-19-13-8-11-16-14-9-6-7-10-15(14)20(17,18)4-2/h6-7,9-10,16H,3-5,8,11-13H2,1-2H3. The van der Waals surface area contributed by atoms with Crippen LogP contribution in [-0.2, 0) is 14.6 Å². The zero-order valence-electron chi connectivity index (χ0n) is 12.4. The average Bonchev–Trinajstić information content (AvgIpc) is 2.46. The third-order valence-electron chi connectivity index (χ3n) is 3.03. The number of benzene rings is 1. The van der Waals surface area contributed by atoms with Gasteiger partial charge in [0.1, 0.15) is 0 Å². The molecule has 1 N–H and O–H groups in total. The molecule has 0 aliphatic rings. The topological polar surface area (TPSA) is 55.4 Å². The van der Waals surface area contributed by atoms with Gasteiger partial charge in [-0.05, 0) is 25.0 Å². The van der Waals surface area contributed by atoms with Gasteiger partial charge in [0.05, 0.1) is 16.3 Å². The second-order valence-electron chi connectivity index (χ2n) is 4.65. The second kappa shape index (κ2) is 8.97. The summed E-state index contributed by atoms with van der Waals surface area (Å²) in [5.41, 5.74) is 0.683. The normalized spacial score (nSPS) is 11.5. The number of rotatable bonds is 10. The molecule has 0 fully saturated rings. The molecule has 0 aromatic heterocycles. The highest BCUT2D eigenvalue weighted by Crippen LogP contribution is 2.21. The van der Waals surface area contributed by atoms with E-state index in [1.54, 1.807) is 25.1 Å². The SMILES string of the molecule is CCCCOCCCNc1ccccc1S(=O)(=O)CC. The maximum absolute atomic E-state index is 12.0.